The third-order valence-corrected chi connectivity index (χ3v) is 8.85. The van der Waals surface area contributed by atoms with E-state index >= 15 is 0 Å². The van der Waals surface area contributed by atoms with Crippen LogP contribution < -0.4 is 5.32 Å². The Bertz CT molecular complexity index is 1090. The average Bonchev–Trinajstić information content (AvgIpc) is 3.39. The fourth-order valence-electron chi connectivity index (χ4n) is 4.16. The van der Waals surface area contributed by atoms with Gasteiger partial charge in [-0.15, -0.1) is 23.1 Å². The van der Waals surface area contributed by atoms with Crippen LogP contribution in [0.1, 0.15) is 10.6 Å². The fourth-order valence-corrected chi connectivity index (χ4v) is 7.06. The Hall–Kier alpha value is -2.50. The molecule has 0 radical (unpaired) electrons. The topological polar surface area (TPSA) is 91.8 Å². The van der Waals surface area contributed by atoms with Gasteiger partial charge in [-0.05, 0) is 5.56 Å². The molecule has 1 unspecified atom stereocenters. The van der Waals surface area contributed by atoms with Gasteiger partial charge < -0.3 is 15.0 Å². The molecule has 2 fully saturated rings. The minimum Gasteiger partial charge on any atom is -0.456 e. The van der Waals surface area contributed by atoms with Crippen molar-refractivity contribution in [3.63, 3.8) is 0 Å². The summed E-state index contributed by atoms with van der Waals surface area (Å²) < 4.78 is 5.65. The number of nitrogens with zero attached hydrogens (tertiary/aromatic N) is 3. The Morgan fingerprint density at radius 2 is 1.97 bits per heavy atom. The SMILES string of the molecule is O=C(Cc1nccs1)NC1C(=O)N2C(C(=O)OCc3ccccc3)=C(N3CCSCC3)CS[C@@H]12. The predicted octanol–water partition coefficient (Wildman–Crippen LogP) is 2.09. The minimum atomic E-state index is -0.659. The first kappa shape index (κ1) is 23.3. The molecule has 2 atom stereocenters. The van der Waals surface area contributed by atoms with Crippen molar-refractivity contribution in [3.8, 4) is 0 Å². The van der Waals surface area contributed by atoms with E-state index in [1.54, 1.807) is 18.0 Å². The molecule has 178 valence electrons. The monoisotopic (exact) mass is 516 g/mol. The third kappa shape index (κ3) is 4.82. The molecule has 0 saturated carbocycles. The van der Waals surface area contributed by atoms with Crippen LogP contribution in [0.25, 0.3) is 0 Å². The highest BCUT2D eigenvalue weighted by Crippen LogP contribution is 2.42. The largest absolute Gasteiger partial charge is 0.456 e. The van der Waals surface area contributed by atoms with Crippen molar-refractivity contribution in [3.05, 3.63) is 63.9 Å². The summed E-state index contributed by atoms with van der Waals surface area (Å²) in [5, 5.41) is 5.03. The van der Waals surface area contributed by atoms with Crippen molar-refractivity contribution in [1.82, 2.24) is 20.1 Å². The number of esters is 1. The summed E-state index contributed by atoms with van der Waals surface area (Å²) >= 11 is 4.86. The quantitative estimate of drug-likeness (QED) is 0.442. The van der Waals surface area contributed by atoms with Crippen LogP contribution in [0.4, 0.5) is 0 Å². The third-order valence-electron chi connectivity index (χ3n) is 5.86. The molecule has 11 heteroatoms. The lowest BCUT2D eigenvalue weighted by atomic mass is 10.0. The lowest BCUT2D eigenvalue weighted by Crippen LogP contribution is -2.71. The molecule has 1 N–H and O–H groups in total. The van der Waals surface area contributed by atoms with Gasteiger partial charge in [-0.25, -0.2) is 9.78 Å². The van der Waals surface area contributed by atoms with Crippen molar-refractivity contribution in [2.75, 3.05) is 30.3 Å². The summed E-state index contributed by atoms with van der Waals surface area (Å²) in [7, 11) is 0. The Balaban J connectivity index is 1.33. The zero-order valence-electron chi connectivity index (χ0n) is 18.3. The Morgan fingerprint density at radius 1 is 1.18 bits per heavy atom. The Kier molecular flexibility index (Phi) is 7.12. The van der Waals surface area contributed by atoms with Gasteiger partial charge in [-0.2, -0.15) is 11.8 Å². The van der Waals surface area contributed by atoms with Gasteiger partial charge >= 0.3 is 5.97 Å². The second kappa shape index (κ2) is 10.4. The van der Waals surface area contributed by atoms with Crippen molar-refractivity contribution in [2.24, 2.45) is 0 Å². The van der Waals surface area contributed by atoms with E-state index in [0.29, 0.717) is 16.5 Å². The van der Waals surface area contributed by atoms with Crippen molar-refractivity contribution < 1.29 is 19.1 Å². The van der Waals surface area contributed by atoms with Crippen LogP contribution in [0.15, 0.2) is 53.3 Å². The molecular weight excluding hydrogens is 492 g/mol. The number of nitrogens with one attached hydrogen (secondary N) is 1. The van der Waals surface area contributed by atoms with Crippen molar-refractivity contribution in [2.45, 2.75) is 24.4 Å². The minimum absolute atomic E-state index is 0.136. The summed E-state index contributed by atoms with van der Waals surface area (Å²) in [5.41, 5.74) is 2.05. The number of hydrogen-bond acceptors (Lipinski definition) is 9. The number of thioether (sulfide) groups is 2. The van der Waals surface area contributed by atoms with E-state index in [-0.39, 0.29) is 30.2 Å². The van der Waals surface area contributed by atoms with Crippen molar-refractivity contribution >= 4 is 52.6 Å². The van der Waals surface area contributed by atoms with Crippen LogP contribution in [0, 0.1) is 0 Å². The highest BCUT2D eigenvalue weighted by Gasteiger charge is 2.55. The standard InChI is InChI=1S/C23H24N4O4S3/c28-17(12-18-24-6-9-33-18)25-19-21(29)27-20(23(30)31-13-15-4-2-1-3-5-15)16(14-34-22(19)27)26-7-10-32-11-8-26/h1-6,9,19,22H,7-8,10-14H2,(H,25,28)/t19?,22-/m0/s1. The fraction of sp³-hybridized carbons (Fsp3) is 0.391. The molecule has 3 aliphatic rings. The first-order valence-corrected chi connectivity index (χ1v) is 14.1. The molecule has 2 aromatic rings. The van der Waals surface area contributed by atoms with Crippen molar-refractivity contribution in [1.29, 1.82) is 0 Å². The van der Waals surface area contributed by atoms with E-state index in [1.165, 1.54) is 16.2 Å². The summed E-state index contributed by atoms with van der Waals surface area (Å²) in [6, 6.07) is 8.83. The number of carbonyl (C=O) groups excluding carboxylic acids is 3. The number of β-lactam (4-membered cyclic amide) rings is 1. The molecule has 0 bridgehead atoms. The second-order valence-electron chi connectivity index (χ2n) is 8.01. The number of ether oxygens (including phenoxy) is 1. The smallest absolute Gasteiger partial charge is 0.357 e. The Morgan fingerprint density at radius 3 is 2.71 bits per heavy atom. The molecule has 5 rings (SSSR count). The molecular formula is C23H24N4O4S3. The molecule has 2 amide bonds. The summed E-state index contributed by atoms with van der Waals surface area (Å²) in [5.74, 6) is 1.53. The number of amides is 2. The lowest BCUT2D eigenvalue weighted by Gasteiger charge is -2.51. The van der Waals surface area contributed by atoms with Gasteiger partial charge in [0.2, 0.25) is 5.91 Å². The van der Waals surface area contributed by atoms with E-state index in [1.807, 2.05) is 47.5 Å². The lowest BCUT2D eigenvalue weighted by molar-refractivity contribution is -0.153. The maximum atomic E-state index is 13.3. The van der Waals surface area contributed by atoms with Gasteiger partial charge in [0.25, 0.3) is 5.91 Å². The van der Waals surface area contributed by atoms with Crippen LogP contribution in [0.5, 0.6) is 0 Å². The summed E-state index contributed by atoms with van der Waals surface area (Å²) in [6.45, 7) is 1.80. The van der Waals surface area contributed by atoms with E-state index in [4.69, 9.17) is 4.74 Å². The summed E-state index contributed by atoms with van der Waals surface area (Å²) in [4.78, 5) is 46.8. The normalized spacial score (nSPS) is 22.2. The maximum absolute atomic E-state index is 13.3. The molecule has 0 spiro atoms. The second-order valence-corrected chi connectivity index (χ2v) is 11.3. The molecule has 34 heavy (non-hydrogen) atoms. The van der Waals surface area contributed by atoms with Gasteiger partial charge in [-0.1, -0.05) is 30.3 Å². The van der Waals surface area contributed by atoms with E-state index < -0.39 is 12.0 Å². The maximum Gasteiger partial charge on any atom is 0.357 e. The van der Waals surface area contributed by atoms with Crippen LogP contribution in [-0.2, 0) is 32.1 Å². The van der Waals surface area contributed by atoms with Crippen LogP contribution >= 0.6 is 34.9 Å². The highest BCUT2D eigenvalue weighted by molar-refractivity contribution is 8.00. The molecule has 8 nitrogen and oxygen atoms in total. The molecule has 4 heterocycles. The molecule has 3 aliphatic heterocycles. The predicted molar refractivity (Wildman–Crippen MR) is 133 cm³/mol. The highest BCUT2D eigenvalue weighted by atomic mass is 32.2. The van der Waals surface area contributed by atoms with E-state index in [2.05, 4.69) is 15.2 Å². The number of fused-ring (bicyclic) bond motifs is 1. The zero-order chi connectivity index (χ0) is 23.5. The first-order chi connectivity index (χ1) is 16.6. The van der Waals surface area contributed by atoms with Crippen LogP contribution in [0.3, 0.4) is 0 Å². The number of carbonyl (C=O) groups is 3. The van der Waals surface area contributed by atoms with Gasteiger partial charge in [0.05, 0.1) is 12.1 Å². The van der Waals surface area contributed by atoms with E-state index in [9.17, 15) is 14.4 Å². The molecule has 2 saturated heterocycles. The number of rotatable bonds is 7. The zero-order valence-corrected chi connectivity index (χ0v) is 20.8. The van der Waals surface area contributed by atoms with Gasteiger partial charge in [0, 0.05) is 41.9 Å². The first-order valence-electron chi connectivity index (χ1n) is 11.0. The van der Waals surface area contributed by atoms with Gasteiger partial charge in [0.15, 0.2) is 5.70 Å². The number of aromatic nitrogens is 1. The number of hydrogen-bond donors (Lipinski definition) is 1. The van der Waals surface area contributed by atoms with E-state index in [0.717, 1.165) is 35.9 Å². The van der Waals surface area contributed by atoms with Gasteiger partial charge in [-0.3, -0.25) is 14.5 Å². The molecule has 1 aromatic heterocycles. The molecule has 0 aliphatic carbocycles. The van der Waals surface area contributed by atoms with Gasteiger partial charge in [0.1, 0.15) is 23.0 Å². The molecule has 1 aromatic carbocycles. The number of benzene rings is 1. The van der Waals surface area contributed by atoms with Crippen LogP contribution in [-0.4, -0.2) is 74.3 Å². The number of thiazole rings is 1. The van der Waals surface area contributed by atoms with Crippen LogP contribution in [0.2, 0.25) is 0 Å². The average molecular weight is 517 g/mol. The Labute approximate surface area is 210 Å². The summed E-state index contributed by atoms with van der Waals surface area (Å²) in [6.07, 6.45) is 1.79.